The van der Waals surface area contributed by atoms with Crippen LogP contribution in [0.15, 0.2) is 36.4 Å². The number of nitrogens with zero attached hydrogens (tertiary/aromatic N) is 1. The van der Waals surface area contributed by atoms with Gasteiger partial charge in [-0.2, -0.15) is 13.2 Å². The molecule has 3 aromatic rings. The van der Waals surface area contributed by atoms with Crippen molar-refractivity contribution in [1.82, 2.24) is 20.6 Å². The molecule has 0 aliphatic carbocycles. The molecule has 1 aliphatic rings. The molecule has 1 aliphatic heterocycles. The zero-order valence-corrected chi connectivity index (χ0v) is 19.6. The maximum Gasteiger partial charge on any atom is 0.416 e. The third-order valence-corrected chi connectivity index (χ3v) is 6.10. The summed E-state index contributed by atoms with van der Waals surface area (Å²) in [6.45, 7) is 8.50. The molecule has 0 saturated carbocycles. The molecular formula is C24H26ClF3N4O. The van der Waals surface area contributed by atoms with E-state index in [0.29, 0.717) is 17.0 Å². The van der Waals surface area contributed by atoms with Crippen molar-refractivity contribution < 1.29 is 18.0 Å². The van der Waals surface area contributed by atoms with Gasteiger partial charge in [0.2, 0.25) is 0 Å². The topological polar surface area (TPSA) is 69.8 Å². The molecular weight excluding hydrogens is 453 g/mol. The lowest BCUT2D eigenvalue weighted by Gasteiger charge is -2.46. The van der Waals surface area contributed by atoms with Crippen molar-refractivity contribution in [3.63, 3.8) is 0 Å². The molecule has 0 atom stereocenters. The summed E-state index contributed by atoms with van der Waals surface area (Å²) in [5, 5.41) is 6.64. The standard InChI is InChI=1S/C24H26ClF3N4O/c1-22(2)11-16(12-23(3,4)32-22)29-21(33)14-7-5-13(6-8-14)20-30-18-10-15(24(26,27)28)9-17(25)19(18)31-20/h5-10,16,32H,11-12H2,1-4H3,(H,29,33)(H,30,31). The zero-order valence-electron chi connectivity index (χ0n) is 18.8. The summed E-state index contributed by atoms with van der Waals surface area (Å²) in [6.07, 6.45) is -2.86. The summed E-state index contributed by atoms with van der Waals surface area (Å²) in [4.78, 5) is 20.1. The van der Waals surface area contributed by atoms with Gasteiger partial charge in [-0.15, -0.1) is 0 Å². The van der Waals surface area contributed by atoms with Crippen LogP contribution < -0.4 is 10.6 Å². The Morgan fingerprint density at radius 2 is 1.70 bits per heavy atom. The number of fused-ring (bicyclic) bond motifs is 1. The predicted octanol–water partition coefficient (Wildman–Crippen LogP) is 5.94. The molecule has 3 N–H and O–H groups in total. The largest absolute Gasteiger partial charge is 0.416 e. The first kappa shape index (κ1) is 23.6. The molecule has 9 heteroatoms. The van der Waals surface area contributed by atoms with Crippen molar-refractivity contribution >= 4 is 28.5 Å². The van der Waals surface area contributed by atoms with Crippen LogP contribution in [0, 0.1) is 0 Å². The molecule has 1 amide bonds. The van der Waals surface area contributed by atoms with Crippen LogP contribution in [0.2, 0.25) is 5.02 Å². The number of nitrogens with one attached hydrogen (secondary N) is 3. The van der Waals surface area contributed by atoms with Gasteiger partial charge in [-0.05, 0) is 64.8 Å². The smallest absolute Gasteiger partial charge is 0.349 e. The molecule has 0 radical (unpaired) electrons. The molecule has 1 aromatic heterocycles. The normalized spacial score (nSPS) is 18.4. The molecule has 0 bridgehead atoms. The molecule has 2 heterocycles. The number of H-pyrrole nitrogens is 1. The number of hydrogen-bond donors (Lipinski definition) is 3. The van der Waals surface area contributed by atoms with Gasteiger partial charge in [-0.1, -0.05) is 23.7 Å². The van der Waals surface area contributed by atoms with E-state index in [0.717, 1.165) is 25.0 Å². The minimum Gasteiger partial charge on any atom is -0.349 e. The first-order valence-corrected chi connectivity index (χ1v) is 11.1. The minimum absolute atomic E-state index is 0.0452. The van der Waals surface area contributed by atoms with E-state index in [4.69, 9.17) is 11.6 Å². The highest BCUT2D eigenvalue weighted by atomic mass is 35.5. The van der Waals surface area contributed by atoms with Crippen molar-refractivity contribution in [2.75, 3.05) is 0 Å². The van der Waals surface area contributed by atoms with Crippen LogP contribution in [0.1, 0.15) is 56.5 Å². The molecule has 1 saturated heterocycles. The first-order chi connectivity index (χ1) is 15.2. The fraction of sp³-hybridized carbons (Fsp3) is 0.417. The molecule has 5 nitrogen and oxygen atoms in total. The van der Waals surface area contributed by atoms with Crippen LogP contribution in [0.25, 0.3) is 22.4 Å². The molecule has 0 unspecified atom stereocenters. The number of aromatic nitrogens is 2. The number of carbonyl (C=O) groups excluding carboxylic acids is 1. The first-order valence-electron chi connectivity index (χ1n) is 10.7. The Bertz CT molecular complexity index is 1180. The third-order valence-electron chi connectivity index (χ3n) is 5.81. The summed E-state index contributed by atoms with van der Waals surface area (Å²) in [5.74, 6) is 0.211. The second-order valence-corrected chi connectivity index (χ2v) is 10.4. The monoisotopic (exact) mass is 478 g/mol. The molecule has 0 spiro atoms. The lowest BCUT2D eigenvalue weighted by atomic mass is 9.79. The van der Waals surface area contributed by atoms with E-state index >= 15 is 0 Å². The minimum atomic E-state index is -4.50. The number of benzene rings is 2. The second kappa shape index (κ2) is 8.02. The Morgan fingerprint density at radius 1 is 1.09 bits per heavy atom. The van der Waals surface area contributed by atoms with E-state index in [9.17, 15) is 18.0 Å². The van der Waals surface area contributed by atoms with E-state index < -0.39 is 11.7 Å². The van der Waals surface area contributed by atoms with Crippen molar-refractivity contribution in [1.29, 1.82) is 0 Å². The van der Waals surface area contributed by atoms with Gasteiger partial charge in [0.25, 0.3) is 5.91 Å². The lowest BCUT2D eigenvalue weighted by molar-refractivity contribution is -0.137. The summed E-state index contributed by atoms with van der Waals surface area (Å²) in [7, 11) is 0. The van der Waals surface area contributed by atoms with Crippen LogP contribution >= 0.6 is 11.6 Å². The average molecular weight is 479 g/mol. The van der Waals surface area contributed by atoms with Gasteiger partial charge in [-0.3, -0.25) is 4.79 Å². The van der Waals surface area contributed by atoms with Gasteiger partial charge in [0.15, 0.2) is 0 Å². The van der Waals surface area contributed by atoms with Crippen molar-refractivity contribution in [3.8, 4) is 11.4 Å². The van der Waals surface area contributed by atoms with Gasteiger partial charge in [-0.25, -0.2) is 4.98 Å². The molecule has 2 aromatic carbocycles. The van der Waals surface area contributed by atoms with Crippen molar-refractivity contribution in [2.24, 2.45) is 0 Å². The Hall–Kier alpha value is -2.58. The summed E-state index contributed by atoms with van der Waals surface area (Å²) in [6, 6.07) is 8.68. The Labute approximate surface area is 195 Å². The number of halogens is 4. The van der Waals surface area contributed by atoms with E-state index in [-0.39, 0.29) is 39.1 Å². The second-order valence-electron chi connectivity index (χ2n) is 9.99. The number of amides is 1. The molecule has 176 valence electrons. The SMILES string of the molecule is CC1(C)CC(NC(=O)c2ccc(-c3nc4c(Cl)cc(C(F)(F)F)cc4[nH]3)cc2)CC(C)(C)N1. The average Bonchev–Trinajstić information content (AvgIpc) is 3.10. The van der Waals surface area contributed by atoms with E-state index in [1.807, 2.05) is 0 Å². The summed E-state index contributed by atoms with van der Waals surface area (Å²) >= 11 is 6.03. The third kappa shape index (κ3) is 5.17. The van der Waals surface area contributed by atoms with Crippen molar-refractivity contribution in [3.05, 3.63) is 52.5 Å². The molecule has 4 rings (SSSR count). The van der Waals surface area contributed by atoms with Gasteiger partial charge in [0, 0.05) is 28.2 Å². The van der Waals surface area contributed by atoms with Crippen LogP contribution in [-0.2, 0) is 6.18 Å². The van der Waals surface area contributed by atoms with Gasteiger partial charge in [0.05, 0.1) is 16.1 Å². The van der Waals surface area contributed by atoms with E-state index in [2.05, 4.69) is 48.3 Å². The van der Waals surface area contributed by atoms with Gasteiger partial charge in [0.1, 0.15) is 11.3 Å². The highest BCUT2D eigenvalue weighted by molar-refractivity contribution is 6.35. The fourth-order valence-electron chi connectivity index (χ4n) is 4.85. The van der Waals surface area contributed by atoms with Crippen LogP contribution in [-0.4, -0.2) is 33.0 Å². The predicted molar refractivity (Wildman–Crippen MR) is 123 cm³/mol. The van der Waals surface area contributed by atoms with Crippen LogP contribution in [0.5, 0.6) is 0 Å². The number of carbonyl (C=O) groups is 1. The number of hydrogen-bond acceptors (Lipinski definition) is 3. The fourth-order valence-corrected chi connectivity index (χ4v) is 5.11. The highest BCUT2D eigenvalue weighted by Crippen LogP contribution is 2.35. The van der Waals surface area contributed by atoms with Crippen LogP contribution in [0.3, 0.4) is 0 Å². The molecule has 1 fully saturated rings. The number of piperidine rings is 1. The maximum atomic E-state index is 13.1. The highest BCUT2D eigenvalue weighted by Gasteiger charge is 2.38. The number of alkyl halides is 3. The van der Waals surface area contributed by atoms with Gasteiger partial charge >= 0.3 is 6.18 Å². The Balaban J connectivity index is 1.53. The zero-order chi connectivity index (χ0) is 24.2. The quantitative estimate of drug-likeness (QED) is 0.436. The van der Waals surface area contributed by atoms with E-state index in [1.165, 1.54) is 0 Å². The molecule has 33 heavy (non-hydrogen) atoms. The lowest BCUT2D eigenvalue weighted by Crippen LogP contribution is -2.62. The van der Waals surface area contributed by atoms with E-state index in [1.54, 1.807) is 24.3 Å². The Kier molecular flexibility index (Phi) is 5.73. The number of imidazole rings is 1. The van der Waals surface area contributed by atoms with Crippen LogP contribution in [0.4, 0.5) is 13.2 Å². The van der Waals surface area contributed by atoms with Crippen molar-refractivity contribution in [2.45, 2.75) is 63.8 Å². The number of aromatic amines is 1. The maximum absolute atomic E-state index is 13.1. The number of rotatable bonds is 3. The summed E-state index contributed by atoms with van der Waals surface area (Å²) < 4.78 is 39.2. The summed E-state index contributed by atoms with van der Waals surface area (Å²) in [5.41, 5.74) is 0.584. The van der Waals surface area contributed by atoms with Gasteiger partial charge < -0.3 is 15.6 Å². The Morgan fingerprint density at radius 3 is 2.27 bits per heavy atom.